The lowest BCUT2D eigenvalue weighted by molar-refractivity contribution is -0.131. The van der Waals surface area contributed by atoms with Gasteiger partial charge in [0.2, 0.25) is 5.91 Å². The van der Waals surface area contributed by atoms with Gasteiger partial charge in [0.15, 0.2) is 0 Å². The van der Waals surface area contributed by atoms with Crippen molar-refractivity contribution >= 4 is 5.91 Å². The lowest BCUT2D eigenvalue weighted by Crippen LogP contribution is -2.40. The number of hydrogen-bond acceptors (Lipinski definition) is 3. The highest BCUT2D eigenvalue weighted by molar-refractivity contribution is 5.76. The molecule has 0 aromatic rings. The third kappa shape index (κ3) is 9.43. The molecule has 2 aliphatic heterocycles. The second kappa shape index (κ2) is 14.4. The molecule has 2 aliphatic rings. The fourth-order valence-electron chi connectivity index (χ4n) is 4.82. The van der Waals surface area contributed by atoms with Gasteiger partial charge in [-0.15, -0.1) is 0 Å². The van der Waals surface area contributed by atoms with E-state index in [1.807, 2.05) is 0 Å². The maximum Gasteiger partial charge on any atom is 0.222 e. The molecule has 0 radical (unpaired) electrons. The number of nitrogens with two attached hydrogens (primary N) is 1. The first-order chi connectivity index (χ1) is 13.3. The van der Waals surface area contributed by atoms with Crippen molar-refractivity contribution in [1.29, 1.82) is 0 Å². The summed E-state index contributed by atoms with van der Waals surface area (Å²) in [4.78, 5) is 17.5. The number of rotatable bonds is 3. The highest BCUT2D eigenvalue weighted by atomic mass is 16.2. The van der Waals surface area contributed by atoms with Gasteiger partial charge in [-0.05, 0) is 64.6 Å². The average Bonchev–Trinajstić information content (AvgIpc) is 2.69. The van der Waals surface area contributed by atoms with Crippen molar-refractivity contribution in [2.75, 3.05) is 32.7 Å². The summed E-state index contributed by atoms with van der Waals surface area (Å²) in [5, 5.41) is 0. The number of amides is 1. The Morgan fingerprint density at radius 2 is 1.30 bits per heavy atom. The number of hydrogen-bond donors (Lipinski definition) is 1. The van der Waals surface area contributed by atoms with Gasteiger partial charge in [-0.25, -0.2) is 0 Å². The second-order valence-corrected chi connectivity index (χ2v) is 8.78. The molecule has 0 aliphatic carbocycles. The quantitative estimate of drug-likeness (QED) is 0.772. The smallest absolute Gasteiger partial charge is 0.222 e. The predicted octanol–water partition coefficient (Wildman–Crippen LogP) is 4.71. The minimum absolute atomic E-state index is 0.361. The van der Waals surface area contributed by atoms with Gasteiger partial charge in [-0.1, -0.05) is 51.4 Å². The summed E-state index contributed by atoms with van der Waals surface area (Å²) in [5.41, 5.74) is 5.69. The molecule has 1 amide bonds. The average molecular weight is 380 g/mol. The Bertz CT molecular complexity index is 388. The van der Waals surface area contributed by atoms with E-state index in [1.54, 1.807) is 0 Å². The van der Waals surface area contributed by atoms with Crippen molar-refractivity contribution in [1.82, 2.24) is 9.80 Å². The molecule has 4 nitrogen and oxygen atoms in total. The van der Waals surface area contributed by atoms with Crippen molar-refractivity contribution < 1.29 is 4.79 Å². The zero-order chi connectivity index (χ0) is 19.2. The van der Waals surface area contributed by atoms with Crippen LogP contribution in [0.1, 0.15) is 103 Å². The minimum Gasteiger partial charge on any atom is -0.343 e. The SMILES string of the molecule is NCCCN1CCCCN2CCCCC2CCCCCCCCCCC1=O. The van der Waals surface area contributed by atoms with Crippen molar-refractivity contribution in [2.45, 2.75) is 109 Å². The standard InChI is InChI=1S/C23H45N3O/c24-17-13-21-26-20-12-11-19-25-18-10-9-15-22(25)14-7-5-3-1-2-4-6-8-16-23(26)27/h22H,1-21,24H2. The fourth-order valence-corrected chi connectivity index (χ4v) is 4.82. The molecule has 0 aromatic heterocycles. The normalized spacial score (nSPS) is 26.2. The Morgan fingerprint density at radius 1 is 0.741 bits per heavy atom. The van der Waals surface area contributed by atoms with Gasteiger partial charge in [0.25, 0.3) is 0 Å². The van der Waals surface area contributed by atoms with Gasteiger partial charge in [0.05, 0.1) is 0 Å². The van der Waals surface area contributed by atoms with Crippen LogP contribution in [-0.2, 0) is 4.79 Å². The van der Waals surface area contributed by atoms with E-state index in [0.29, 0.717) is 12.5 Å². The molecule has 2 N–H and O–H groups in total. The molecule has 0 aromatic carbocycles. The third-order valence-electron chi connectivity index (χ3n) is 6.54. The largest absolute Gasteiger partial charge is 0.343 e. The van der Waals surface area contributed by atoms with E-state index in [2.05, 4.69) is 9.80 Å². The van der Waals surface area contributed by atoms with Gasteiger partial charge < -0.3 is 15.5 Å². The summed E-state index contributed by atoms with van der Waals surface area (Å²) in [6, 6.07) is 0.826. The first kappa shape index (κ1) is 22.7. The molecule has 0 saturated carbocycles. The predicted molar refractivity (Wildman–Crippen MR) is 115 cm³/mol. The van der Waals surface area contributed by atoms with E-state index in [4.69, 9.17) is 5.73 Å². The molecule has 27 heavy (non-hydrogen) atoms. The summed E-state index contributed by atoms with van der Waals surface area (Å²) < 4.78 is 0. The Hall–Kier alpha value is -0.610. The van der Waals surface area contributed by atoms with Crippen LogP contribution < -0.4 is 5.73 Å². The van der Waals surface area contributed by atoms with E-state index < -0.39 is 0 Å². The molecule has 2 rings (SSSR count). The molecule has 1 unspecified atom stereocenters. The maximum atomic E-state index is 12.6. The molecule has 0 spiro atoms. The Balaban J connectivity index is 1.84. The van der Waals surface area contributed by atoms with E-state index in [1.165, 1.54) is 90.1 Å². The van der Waals surface area contributed by atoms with Crippen LogP contribution in [0.3, 0.4) is 0 Å². The van der Waals surface area contributed by atoms with Crippen LogP contribution >= 0.6 is 0 Å². The minimum atomic E-state index is 0.361. The molecule has 0 bridgehead atoms. The van der Waals surface area contributed by atoms with Crippen molar-refractivity contribution in [3.8, 4) is 0 Å². The summed E-state index contributed by atoms with van der Waals surface area (Å²) in [6.45, 7) is 4.97. The van der Waals surface area contributed by atoms with Crippen molar-refractivity contribution in [2.24, 2.45) is 5.73 Å². The van der Waals surface area contributed by atoms with Crippen LogP contribution in [0.25, 0.3) is 0 Å². The molecule has 158 valence electrons. The first-order valence-corrected chi connectivity index (χ1v) is 12.0. The molecule has 2 heterocycles. The van der Waals surface area contributed by atoms with E-state index in [-0.39, 0.29) is 0 Å². The Kier molecular flexibility index (Phi) is 12.1. The summed E-state index contributed by atoms with van der Waals surface area (Å²) in [6.07, 6.45) is 20.2. The number of nitrogens with zero attached hydrogens (tertiary/aromatic N) is 2. The monoisotopic (exact) mass is 379 g/mol. The lowest BCUT2D eigenvalue weighted by Gasteiger charge is -2.36. The van der Waals surface area contributed by atoms with Crippen LogP contribution in [0.15, 0.2) is 0 Å². The topological polar surface area (TPSA) is 49.6 Å². The van der Waals surface area contributed by atoms with Gasteiger partial charge in [-0.2, -0.15) is 0 Å². The fraction of sp³-hybridized carbons (Fsp3) is 0.957. The van der Waals surface area contributed by atoms with Crippen molar-refractivity contribution in [3.63, 3.8) is 0 Å². The number of piperidine rings is 1. The summed E-state index contributed by atoms with van der Waals surface area (Å²) in [7, 11) is 0. The third-order valence-corrected chi connectivity index (χ3v) is 6.54. The molecule has 4 heteroatoms. The van der Waals surface area contributed by atoms with Crippen LogP contribution in [0, 0.1) is 0 Å². The van der Waals surface area contributed by atoms with Gasteiger partial charge in [0.1, 0.15) is 0 Å². The Labute approximate surface area is 168 Å². The van der Waals surface area contributed by atoms with E-state index in [9.17, 15) is 4.79 Å². The highest BCUT2D eigenvalue weighted by Crippen LogP contribution is 2.23. The van der Waals surface area contributed by atoms with Gasteiger partial charge >= 0.3 is 0 Å². The van der Waals surface area contributed by atoms with Gasteiger partial charge in [-0.3, -0.25) is 4.79 Å². The highest BCUT2D eigenvalue weighted by Gasteiger charge is 2.21. The molecule has 1 atom stereocenters. The summed E-state index contributed by atoms with van der Waals surface area (Å²) >= 11 is 0. The van der Waals surface area contributed by atoms with Crippen LogP contribution in [-0.4, -0.2) is 54.5 Å². The van der Waals surface area contributed by atoms with Crippen LogP contribution in [0.4, 0.5) is 0 Å². The van der Waals surface area contributed by atoms with Gasteiger partial charge in [0, 0.05) is 25.6 Å². The van der Waals surface area contributed by atoms with Crippen molar-refractivity contribution in [3.05, 3.63) is 0 Å². The zero-order valence-electron chi connectivity index (χ0n) is 17.8. The van der Waals surface area contributed by atoms with E-state index in [0.717, 1.165) is 44.8 Å². The second-order valence-electron chi connectivity index (χ2n) is 8.78. The first-order valence-electron chi connectivity index (χ1n) is 12.0. The van der Waals surface area contributed by atoms with E-state index >= 15 is 0 Å². The number of fused-ring (bicyclic) bond motifs is 1. The zero-order valence-corrected chi connectivity index (χ0v) is 17.8. The summed E-state index contributed by atoms with van der Waals surface area (Å²) in [5.74, 6) is 0.361. The molecule has 2 saturated heterocycles. The van der Waals surface area contributed by atoms with Crippen LogP contribution in [0.2, 0.25) is 0 Å². The molecular formula is C23H45N3O. The Morgan fingerprint density at radius 3 is 2.00 bits per heavy atom. The maximum absolute atomic E-state index is 12.6. The molecule has 2 fully saturated rings. The number of carbonyl (C=O) groups excluding carboxylic acids is 1. The number of carbonyl (C=O) groups is 1. The lowest BCUT2D eigenvalue weighted by atomic mass is 9.96. The molecular weight excluding hydrogens is 334 g/mol. The van der Waals surface area contributed by atoms with Crippen LogP contribution in [0.5, 0.6) is 0 Å².